The fraction of sp³-hybridized carbons (Fsp3) is 0. The highest BCUT2D eigenvalue weighted by Gasteiger charge is 2.11. The minimum absolute atomic E-state index is 0.0260. The number of halogens is 2. The van der Waals surface area contributed by atoms with Gasteiger partial charge in [-0.1, -0.05) is 28.1 Å². The molecule has 112 valence electrons. The lowest BCUT2D eigenvalue weighted by atomic mass is 10.1. The SMILES string of the molecule is O=C(/C=C/c1cccc(F)c1)Nc1ccc(Br)cc1C(=O)O. The Kier molecular flexibility index (Phi) is 5.06. The Hall–Kier alpha value is -2.47. The van der Waals surface area contributed by atoms with E-state index < -0.39 is 17.7 Å². The molecule has 0 radical (unpaired) electrons. The predicted molar refractivity (Wildman–Crippen MR) is 85.2 cm³/mol. The fourth-order valence-corrected chi connectivity index (χ4v) is 2.12. The van der Waals surface area contributed by atoms with Crippen LogP contribution in [0.1, 0.15) is 15.9 Å². The number of aromatic carboxylic acids is 1. The number of nitrogens with one attached hydrogen (secondary N) is 1. The molecule has 22 heavy (non-hydrogen) atoms. The van der Waals surface area contributed by atoms with Crippen LogP contribution in [0.4, 0.5) is 10.1 Å². The molecule has 4 nitrogen and oxygen atoms in total. The molecular weight excluding hydrogens is 353 g/mol. The van der Waals surface area contributed by atoms with Crippen molar-refractivity contribution < 1.29 is 19.1 Å². The summed E-state index contributed by atoms with van der Waals surface area (Å²) >= 11 is 3.17. The zero-order valence-corrected chi connectivity index (χ0v) is 12.8. The minimum atomic E-state index is -1.15. The van der Waals surface area contributed by atoms with E-state index in [-0.39, 0.29) is 11.3 Å². The number of benzene rings is 2. The van der Waals surface area contributed by atoms with Crippen LogP contribution in [0.25, 0.3) is 6.08 Å². The van der Waals surface area contributed by atoms with Crippen molar-refractivity contribution in [1.29, 1.82) is 0 Å². The number of anilines is 1. The van der Waals surface area contributed by atoms with E-state index in [2.05, 4.69) is 21.2 Å². The van der Waals surface area contributed by atoms with E-state index in [9.17, 15) is 14.0 Å². The molecule has 0 saturated heterocycles. The Morgan fingerprint density at radius 3 is 2.64 bits per heavy atom. The van der Waals surface area contributed by atoms with E-state index in [4.69, 9.17) is 5.11 Å². The summed E-state index contributed by atoms with van der Waals surface area (Å²) in [6, 6.07) is 10.3. The molecule has 2 aromatic rings. The third kappa shape index (κ3) is 4.26. The van der Waals surface area contributed by atoms with Crippen LogP contribution in [-0.2, 0) is 4.79 Å². The summed E-state index contributed by atoms with van der Waals surface area (Å²) in [5, 5.41) is 11.6. The molecule has 2 rings (SSSR count). The number of carbonyl (C=O) groups excluding carboxylic acids is 1. The minimum Gasteiger partial charge on any atom is -0.478 e. The van der Waals surface area contributed by atoms with Crippen molar-refractivity contribution in [2.75, 3.05) is 5.32 Å². The van der Waals surface area contributed by atoms with Gasteiger partial charge in [-0.3, -0.25) is 4.79 Å². The molecule has 0 bridgehead atoms. The van der Waals surface area contributed by atoms with Gasteiger partial charge in [0.15, 0.2) is 0 Å². The molecule has 0 aromatic heterocycles. The number of carbonyl (C=O) groups is 2. The van der Waals surface area contributed by atoms with Gasteiger partial charge in [0.2, 0.25) is 5.91 Å². The van der Waals surface area contributed by atoms with Crippen LogP contribution in [0.3, 0.4) is 0 Å². The first-order valence-electron chi connectivity index (χ1n) is 6.23. The monoisotopic (exact) mass is 363 g/mol. The first-order valence-corrected chi connectivity index (χ1v) is 7.02. The lowest BCUT2D eigenvalue weighted by Crippen LogP contribution is -2.12. The smallest absolute Gasteiger partial charge is 0.337 e. The fourth-order valence-electron chi connectivity index (χ4n) is 1.76. The van der Waals surface area contributed by atoms with Crippen LogP contribution in [0.15, 0.2) is 53.0 Å². The number of carboxylic acids is 1. The standard InChI is InChI=1S/C16H11BrFNO3/c17-11-5-6-14(13(9-11)16(21)22)19-15(20)7-4-10-2-1-3-12(18)8-10/h1-9H,(H,19,20)(H,21,22)/b7-4+. The number of carboxylic acid groups (broad SMARTS) is 1. The van der Waals surface area contributed by atoms with E-state index in [1.807, 2.05) is 0 Å². The van der Waals surface area contributed by atoms with Gasteiger partial charge in [0.05, 0.1) is 11.3 Å². The molecule has 1 amide bonds. The highest BCUT2D eigenvalue weighted by Crippen LogP contribution is 2.21. The topological polar surface area (TPSA) is 66.4 Å². The number of hydrogen-bond acceptors (Lipinski definition) is 2. The van der Waals surface area contributed by atoms with Gasteiger partial charge in [-0.2, -0.15) is 0 Å². The zero-order valence-electron chi connectivity index (χ0n) is 11.2. The first kappa shape index (κ1) is 15.9. The lowest BCUT2D eigenvalue weighted by Gasteiger charge is -2.07. The lowest BCUT2D eigenvalue weighted by molar-refractivity contribution is -0.111. The number of rotatable bonds is 4. The molecule has 0 unspecified atom stereocenters. The highest BCUT2D eigenvalue weighted by atomic mass is 79.9. The molecule has 0 aliphatic carbocycles. The Labute approximate surface area is 134 Å². The van der Waals surface area contributed by atoms with Crippen molar-refractivity contribution in [2.45, 2.75) is 0 Å². The van der Waals surface area contributed by atoms with Crippen LogP contribution in [0, 0.1) is 5.82 Å². The van der Waals surface area contributed by atoms with Gasteiger partial charge in [0.25, 0.3) is 0 Å². The van der Waals surface area contributed by atoms with Crippen molar-refractivity contribution in [3.63, 3.8) is 0 Å². The van der Waals surface area contributed by atoms with E-state index in [1.165, 1.54) is 42.5 Å². The molecule has 0 saturated carbocycles. The second-order valence-corrected chi connectivity index (χ2v) is 5.29. The van der Waals surface area contributed by atoms with Crippen LogP contribution < -0.4 is 5.32 Å². The molecule has 2 N–H and O–H groups in total. The maximum absolute atomic E-state index is 13.0. The van der Waals surface area contributed by atoms with Crippen molar-refractivity contribution in [1.82, 2.24) is 0 Å². The maximum Gasteiger partial charge on any atom is 0.337 e. The van der Waals surface area contributed by atoms with Gasteiger partial charge < -0.3 is 10.4 Å². The van der Waals surface area contributed by atoms with E-state index in [1.54, 1.807) is 12.1 Å². The highest BCUT2D eigenvalue weighted by molar-refractivity contribution is 9.10. The summed E-state index contributed by atoms with van der Waals surface area (Å²) in [4.78, 5) is 23.0. The average Bonchev–Trinajstić information content (AvgIpc) is 2.47. The third-order valence-corrected chi connectivity index (χ3v) is 3.24. The third-order valence-electron chi connectivity index (χ3n) is 2.75. The van der Waals surface area contributed by atoms with Crippen LogP contribution in [0.2, 0.25) is 0 Å². The molecule has 0 atom stereocenters. The van der Waals surface area contributed by atoms with Crippen molar-refractivity contribution >= 4 is 39.6 Å². The van der Waals surface area contributed by atoms with Gasteiger partial charge >= 0.3 is 5.97 Å². The Morgan fingerprint density at radius 1 is 1.18 bits per heavy atom. The summed E-state index contributed by atoms with van der Waals surface area (Å²) in [5.74, 6) is -2.05. The van der Waals surface area contributed by atoms with Gasteiger partial charge in [0.1, 0.15) is 5.82 Å². The van der Waals surface area contributed by atoms with Gasteiger partial charge in [-0.05, 0) is 42.0 Å². The summed E-state index contributed by atoms with van der Waals surface area (Å²) in [6.07, 6.45) is 2.65. The summed E-state index contributed by atoms with van der Waals surface area (Å²) in [6.45, 7) is 0. The first-order chi connectivity index (χ1) is 10.5. The van der Waals surface area contributed by atoms with Gasteiger partial charge in [-0.25, -0.2) is 9.18 Å². The molecule has 0 aliphatic rings. The van der Waals surface area contributed by atoms with E-state index in [0.717, 1.165) is 0 Å². The molecule has 0 aliphatic heterocycles. The predicted octanol–water partition coefficient (Wildman–Crippen LogP) is 3.94. The van der Waals surface area contributed by atoms with Crippen molar-refractivity contribution in [3.8, 4) is 0 Å². The zero-order chi connectivity index (χ0) is 16.1. The second kappa shape index (κ2) is 7.00. The number of hydrogen-bond donors (Lipinski definition) is 2. The Bertz CT molecular complexity index is 759. The molecule has 0 spiro atoms. The molecule has 2 aromatic carbocycles. The Morgan fingerprint density at radius 2 is 1.95 bits per heavy atom. The van der Waals surface area contributed by atoms with Gasteiger partial charge in [0, 0.05) is 10.5 Å². The molecule has 6 heteroatoms. The van der Waals surface area contributed by atoms with Crippen LogP contribution >= 0.6 is 15.9 Å². The summed E-state index contributed by atoms with van der Waals surface area (Å²) in [5.41, 5.74) is 0.691. The van der Waals surface area contributed by atoms with E-state index >= 15 is 0 Å². The van der Waals surface area contributed by atoms with Crippen molar-refractivity contribution in [2.24, 2.45) is 0 Å². The summed E-state index contributed by atoms with van der Waals surface area (Å²) in [7, 11) is 0. The van der Waals surface area contributed by atoms with Gasteiger partial charge in [-0.15, -0.1) is 0 Å². The molecule has 0 fully saturated rings. The average molecular weight is 364 g/mol. The van der Waals surface area contributed by atoms with Crippen LogP contribution in [-0.4, -0.2) is 17.0 Å². The summed E-state index contributed by atoms with van der Waals surface area (Å²) < 4.78 is 13.6. The van der Waals surface area contributed by atoms with Crippen molar-refractivity contribution in [3.05, 3.63) is 70.0 Å². The maximum atomic E-state index is 13.0. The second-order valence-electron chi connectivity index (χ2n) is 4.37. The van der Waals surface area contributed by atoms with E-state index in [0.29, 0.717) is 10.0 Å². The quantitative estimate of drug-likeness (QED) is 0.808. The normalized spacial score (nSPS) is 10.6. The number of amides is 1. The largest absolute Gasteiger partial charge is 0.478 e. The molecular formula is C16H11BrFNO3. The Balaban J connectivity index is 2.14. The molecule has 0 heterocycles. The van der Waals surface area contributed by atoms with Crippen LogP contribution in [0.5, 0.6) is 0 Å².